The molecule has 1 saturated carbocycles. The van der Waals surface area contributed by atoms with Crippen LogP contribution in [0.5, 0.6) is 0 Å². The van der Waals surface area contributed by atoms with Crippen molar-refractivity contribution in [3.63, 3.8) is 0 Å². The maximum absolute atomic E-state index is 13.5. The van der Waals surface area contributed by atoms with Gasteiger partial charge in [0.1, 0.15) is 6.10 Å². The number of hydrogen-bond donors (Lipinski definition) is 1. The molecule has 8 nitrogen and oxygen atoms in total. The summed E-state index contributed by atoms with van der Waals surface area (Å²) in [5.41, 5.74) is 1.25. The van der Waals surface area contributed by atoms with E-state index in [1.165, 1.54) is 0 Å². The number of carbonyl (C=O) groups is 1. The summed E-state index contributed by atoms with van der Waals surface area (Å²) >= 11 is 0. The molecule has 2 aromatic carbocycles. The van der Waals surface area contributed by atoms with Crippen LogP contribution in [0.2, 0.25) is 0 Å². The highest BCUT2D eigenvalue weighted by Gasteiger charge is 2.58. The summed E-state index contributed by atoms with van der Waals surface area (Å²) in [6.45, 7) is 6.25. The number of ether oxygens (including phenoxy) is 4. The minimum absolute atomic E-state index is 0.0898. The van der Waals surface area contributed by atoms with Gasteiger partial charge in [-0.25, -0.2) is 0 Å². The lowest BCUT2D eigenvalue weighted by molar-refractivity contribution is -0.183. The molecule has 1 amide bonds. The zero-order chi connectivity index (χ0) is 25.8. The molecule has 4 rings (SSSR count). The first kappa shape index (κ1) is 25.8. The predicted molar refractivity (Wildman–Crippen MR) is 130 cm³/mol. The molecule has 0 bridgehead atoms. The van der Waals surface area contributed by atoms with Gasteiger partial charge in [-0.2, -0.15) is 10.5 Å². The average Bonchev–Trinajstić information content (AvgIpc) is 3.20. The highest BCUT2D eigenvalue weighted by molar-refractivity contribution is 5.85. The number of rotatable bonds is 8. The molecule has 36 heavy (non-hydrogen) atoms. The van der Waals surface area contributed by atoms with Gasteiger partial charge in [-0.15, -0.1) is 0 Å². The van der Waals surface area contributed by atoms with Gasteiger partial charge in [0.25, 0.3) is 5.91 Å². The number of nitrogens with one attached hydrogen (secondary N) is 1. The van der Waals surface area contributed by atoms with Crippen molar-refractivity contribution < 1.29 is 23.7 Å². The van der Waals surface area contributed by atoms with Gasteiger partial charge >= 0.3 is 0 Å². The van der Waals surface area contributed by atoms with E-state index in [0.717, 1.165) is 5.56 Å². The van der Waals surface area contributed by atoms with E-state index in [0.29, 0.717) is 23.2 Å². The third-order valence-corrected chi connectivity index (χ3v) is 6.63. The Balaban J connectivity index is 1.63. The second-order valence-electron chi connectivity index (χ2n) is 9.58. The number of nitrogens with zero attached hydrogens (tertiary/aromatic N) is 2. The Morgan fingerprint density at radius 1 is 1.00 bits per heavy atom. The fraction of sp³-hybridized carbons (Fsp3) is 0.464. The minimum atomic E-state index is -1.25. The van der Waals surface area contributed by atoms with Crippen LogP contribution in [-0.2, 0) is 37.0 Å². The monoisotopic (exact) mass is 489 g/mol. The molecule has 1 aliphatic heterocycles. The van der Waals surface area contributed by atoms with Crippen LogP contribution in [0.15, 0.2) is 48.5 Å². The standard InChI is InChI=1S/C28H31N3O5/c1-4-31-26(32)28(34-18-22-12-8-6-10-20(22)16-30)13-23(25-24(14-28)35-27(2,3)36-25)33-17-21-11-7-5-9-19(21)15-29/h5-12,23-25H,4,13-14,17-18H2,1-3H3,(H,31,32)/t23-,24-,25+,28-/m1/s1. The lowest BCUT2D eigenvalue weighted by Gasteiger charge is -2.43. The van der Waals surface area contributed by atoms with Crippen molar-refractivity contribution in [2.24, 2.45) is 0 Å². The second kappa shape index (κ2) is 10.8. The number of amides is 1. The SMILES string of the molecule is CCNC(=O)[C@@]1(OCc2ccccc2C#N)C[C@@H](OCc2ccccc2C#N)[C@@H]2OC(C)(C)O[C@@H]2C1. The number of nitriles is 2. The summed E-state index contributed by atoms with van der Waals surface area (Å²) < 4.78 is 25.1. The molecule has 0 unspecified atom stereocenters. The van der Waals surface area contributed by atoms with Gasteiger partial charge in [-0.1, -0.05) is 36.4 Å². The van der Waals surface area contributed by atoms with Crippen molar-refractivity contribution in [2.45, 2.75) is 76.5 Å². The predicted octanol–water partition coefficient (Wildman–Crippen LogP) is 3.72. The summed E-state index contributed by atoms with van der Waals surface area (Å²) in [5.74, 6) is -1.09. The molecule has 1 heterocycles. The number of hydrogen-bond acceptors (Lipinski definition) is 7. The first-order valence-electron chi connectivity index (χ1n) is 12.2. The van der Waals surface area contributed by atoms with E-state index in [1.54, 1.807) is 18.2 Å². The van der Waals surface area contributed by atoms with E-state index in [-0.39, 0.29) is 32.0 Å². The summed E-state index contributed by atoms with van der Waals surface area (Å²) in [7, 11) is 0. The number of likely N-dealkylation sites (N-methyl/N-ethyl adjacent to an activating group) is 1. The quantitative estimate of drug-likeness (QED) is 0.601. The normalized spacial score (nSPS) is 26.4. The molecule has 0 aromatic heterocycles. The molecule has 1 aliphatic carbocycles. The fourth-order valence-electron chi connectivity index (χ4n) is 4.95. The van der Waals surface area contributed by atoms with Crippen molar-refractivity contribution in [1.29, 1.82) is 10.5 Å². The third-order valence-electron chi connectivity index (χ3n) is 6.63. The van der Waals surface area contributed by atoms with Crippen LogP contribution in [0.25, 0.3) is 0 Å². The maximum atomic E-state index is 13.5. The molecule has 8 heteroatoms. The summed E-state index contributed by atoms with van der Waals surface area (Å²) in [6, 6.07) is 18.8. The van der Waals surface area contributed by atoms with Gasteiger partial charge in [-0.3, -0.25) is 4.79 Å². The van der Waals surface area contributed by atoms with Crippen LogP contribution < -0.4 is 5.32 Å². The Morgan fingerprint density at radius 2 is 1.61 bits per heavy atom. The van der Waals surface area contributed by atoms with Crippen LogP contribution in [0, 0.1) is 22.7 Å². The third kappa shape index (κ3) is 5.43. The summed E-state index contributed by atoms with van der Waals surface area (Å²) in [4.78, 5) is 13.5. The van der Waals surface area contributed by atoms with E-state index in [4.69, 9.17) is 18.9 Å². The smallest absolute Gasteiger partial charge is 0.252 e. The Morgan fingerprint density at radius 3 is 2.22 bits per heavy atom. The highest BCUT2D eigenvalue weighted by atomic mass is 16.8. The first-order chi connectivity index (χ1) is 17.3. The van der Waals surface area contributed by atoms with Gasteiger partial charge in [0.05, 0.1) is 48.7 Å². The van der Waals surface area contributed by atoms with E-state index >= 15 is 0 Å². The van der Waals surface area contributed by atoms with Crippen molar-refractivity contribution in [3.05, 3.63) is 70.8 Å². The van der Waals surface area contributed by atoms with E-state index in [1.807, 2.05) is 51.1 Å². The molecule has 188 valence electrons. The van der Waals surface area contributed by atoms with E-state index < -0.39 is 29.7 Å². The van der Waals surface area contributed by atoms with Crippen LogP contribution >= 0.6 is 0 Å². The van der Waals surface area contributed by atoms with E-state index in [2.05, 4.69) is 17.5 Å². The minimum Gasteiger partial charge on any atom is -0.371 e. The molecule has 1 N–H and O–H groups in total. The fourth-order valence-corrected chi connectivity index (χ4v) is 4.95. The molecule has 0 radical (unpaired) electrons. The van der Waals surface area contributed by atoms with Crippen molar-refractivity contribution in [1.82, 2.24) is 5.32 Å². The van der Waals surface area contributed by atoms with Crippen molar-refractivity contribution >= 4 is 5.91 Å². The highest BCUT2D eigenvalue weighted by Crippen LogP contribution is 2.44. The Kier molecular flexibility index (Phi) is 7.73. The Bertz CT molecular complexity index is 1180. The lowest BCUT2D eigenvalue weighted by atomic mass is 9.78. The average molecular weight is 490 g/mol. The number of fused-ring (bicyclic) bond motifs is 1. The zero-order valence-electron chi connectivity index (χ0n) is 20.8. The maximum Gasteiger partial charge on any atom is 0.252 e. The Hall–Kier alpha value is -3.27. The number of benzene rings is 2. The molecular weight excluding hydrogens is 458 g/mol. The molecule has 2 aromatic rings. The van der Waals surface area contributed by atoms with Crippen LogP contribution in [0.1, 0.15) is 55.9 Å². The molecule has 2 fully saturated rings. The molecule has 4 atom stereocenters. The summed E-state index contributed by atoms with van der Waals surface area (Å²) in [5, 5.41) is 21.9. The van der Waals surface area contributed by atoms with Gasteiger partial charge in [0.15, 0.2) is 11.4 Å². The molecule has 0 spiro atoms. The second-order valence-corrected chi connectivity index (χ2v) is 9.58. The van der Waals surface area contributed by atoms with Crippen LogP contribution in [0.3, 0.4) is 0 Å². The van der Waals surface area contributed by atoms with Crippen molar-refractivity contribution in [3.8, 4) is 12.1 Å². The van der Waals surface area contributed by atoms with Gasteiger partial charge < -0.3 is 24.3 Å². The van der Waals surface area contributed by atoms with E-state index in [9.17, 15) is 15.3 Å². The largest absolute Gasteiger partial charge is 0.371 e. The molecule has 1 saturated heterocycles. The molecule has 2 aliphatic rings. The van der Waals surface area contributed by atoms with Crippen LogP contribution in [0.4, 0.5) is 0 Å². The van der Waals surface area contributed by atoms with Crippen LogP contribution in [-0.4, -0.2) is 42.2 Å². The lowest BCUT2D eigenvalue weighted by Crippen LogP contribution is -2.60. The van der Waals surface area contributed by atoms with Gasteiger partial charge in [0.2, 0.25) is 0 Å². The summed E-state index contributed by atoms with van der Waals surface area (Å²) in [6.07, 6.45) is -0.823. The zero-order valence-corrected chi connectivity index (χ0v) is 20.8. The van der Waals surface area contributed by atoms with Crippen molar-refractivity contribution in [2.75, 3.05) is 6.54 Å². The van der Waals surface area contributed by atoms with Gasteiger partial charge in [0, 0.05) is 19.4 Å². The first-order valence-corrected chi connectivity index (χ1v) is 12.2. The van der Waals surface area contributed by atoms with Gasteiger partial charge in [-0.05, 0) is 44.0 Å². The Labute approximate surface area is 211 Å². The molecular formula is C28H31N3O5. The topological polar surface area (TPSA) is 114 Å². The number of carbonyl (C=O) groups excluding carboxylic acids is 1.